The number of hydrogen-bond donors (Lipinski definition) is 0. The molecule has 0 radical (unpaired) electrons. The van der Waals surface area contributed by atoms with Crippen LogP contribution < -0.4 is 4.74 Å². The zero-order chi connectivity index (χ0) is 19.7. The van der Waals surface area contributed by atoms with Gasteiger partial charge in [-0.25, -0.2) is 0 Å². The van der Waals surface area contributed by atoms with Gasteiger partial charge in [0.2, 0.25) is 0 Å². The quantitative estimate of drug-likeness (QED) is 0.392. The summed E-state index contributed by atoms with van der Waals surface area (Å²) in [5, 5.41) is 3.07. The normalized spacial score (nSPS) is 14.8. The Kier molecular flexibility index (Phi) is 7.63. The molecule has 0 spiro atoms. The largest absolute Gasteiger partial charge is 0.486 e. The van der Waals surface area contributed by atoms with Crippen LogP contribution in [0.25, 0.3) is 10.9 Å². The fraction of sp³-hybridized carbons (Fsp3) is 0.364. The van der Waals surface area contributed by atoms with Gasteiger partial charge in [0, 0.05) is 34.5 Å². The van der Waals surface area contributed by atoms with E-state index < -0.39 is 0 Å². The summed E-state index contributed by atoms with van der Waals surface area (Å²) in [6.07, 6.45) is 3.85. The highest BCUT2D eigenvalue weighted by molar-refractivity contribution is 6.35. The lowest BCUT2D eigenvalue weighted by atomic mass is 10.1. The number of likely N-dealkylation sites (tertiary alicyclic amines) is 1. The minimum absolute atomic E-state index is 0. The Hall–Kier alpha value is -1.10. The average Bonchev–Trinajstić information content (AvgIpc) is 2.93. The molecular formula is C22H24Cl4N2O. The van der Waals surface area contributed by atoms with E-state index in [1.165, 1.54) is 30.2 Å². The Labute approximate surface area is 192 Å². The molecule has 7 heteroatoms. The van der Waals surface area contributed by atoms with Crippen molar-refractivity contribution in [3.63, 3.8) is 0 Å². The van der Waals surface area contributed by atoms with Crippen LogP contribution in [-0.2, 0) is 20.2 Å². The molecule has 0 bridgehead atoms. The Balaban J connectivity index is 0.00000240. The van der Waals surface area contributed by atoms with Crippen LogP contribution in [-0.4, -0.2) is 22.6 Å². The van der Waals surface area contributed by atoms with E-state index >= 15 is 0 Å². The third-order valence-electron chi connectivity index (χ3n) is 5.49. The van der Waals surface area contributed by atoms with Crippen molar-refractivity contribution in [2.45, 2.75) is 32.4 Å². The van der Waals surface area contributed by atoms with Crippen molar-refractivity contribution in [1.82, 2.24) is 9.47 Å². The second-order valence-electron chi connectivity index (χ2n) is 7.35. The van der Waals surface area contributed by atoms with E-state index in [2.05, 4.69) is 28.6 Å². The third kappa shape index (κ3) is 4.98. The fourth-order valence-electron chi connectivity index (χ4n) is 3.99. The molecule has 4 rings (SSSR count). The Morgan fingerprint density at radius 2 is 1.62 bits per heavy atom. The molecule has 1 aliphatic rings. The van der Waals surface area contributed by atoms with Crippen LogP contribution in [0.3, 0.4) is 0 Å². The van der Waals surface area contributed by atoms with Crippen LogP contribution >= 0.6 is 47.2 Å². The Bertz CT molecular complexity index is 996. The van der Waals surface area contributed by atoms with Gasteiger partial charge in [-0.1, -0.05) is 41.2 Å². The van der Waals surface area contributed by atoms with Crippen LogP contribution in [0, 0.1) is 0 Å². The number of fused-ring (bicyclic) bond motifs is 1. The molecule has 2 aromatic carbocycles. The van der Waals surface area contributed by atoms with Crippen molar-refractivity contribution in [3.8, 4) is 5.75 Å². The van der Waals surface area contributed by atoms with Crippen LogP contribution in [0.2, 0.25) is 15.1 Å². The zero-order valence-corrected chi connectivity index (χ0v) is 19.3. The first kappa shape index (κ1) is 22.6. The lowest BCUT2D eigenvalue weighted by Crippen LogP contribution is -2.29. The molecule has 3 aromatic rings. The van der Waals surface area contributed by atoms with Gasteiger partial charge >= 0.3 is 0 Å². The average molecular weight is 474 g/mol. The summed E-state index contributed by atoms with van der Waals surface area (Å²) in [7, 11) is 2.08. The third-order valence-corrected chi connectivity index (χ3v) is 6.25. The molecule has 2 heterocycles. The second-order valence-corrected chi connectivity index (χ2v) is 8.63. The molecule has 0 unspecified atom stereocenters. The molecule has 0 atom stereocenters. The summed E-state index contributed by atoms with van der Waals surface area (Å²) in [4.78, 5) is 2.53. The minimum atomic E-state index is 0. The molecule has 0 amide bonds. The first-order valence-electron chi connectivity index (χ1n) is 9.59. The van der Waals surface area contributed by atoms with Gasteiger partial charge < -0.3 is 9.30 Å². The molecule has 1 aromatic heterocycles. The van der Waals surface area contributed by atoms with Gasteiger partial charge in [-0.15, -0.1) is 12.4 Å². The second kappa shape index (κ2) is 9.80. The topological polar surface area (TPSA) is 17.4 Å². The number of ether oxygens (including phenoxy) is 1. The van der Waals surface area contributed by atoms with Crippen molar-refractivity contribution in [1.29, 1.82) is 0 Å². The van der Waals surface area contributed by atoms with E-state index in [4.69, 9.17) is 39.5 Å². The number of nitrogens with zero attached hydrogens (tertiary/aromatic N) is 2. The number of benzene rings is 2. The molecule has 0 N–H and O–H groups in total. The minimum Gasteiger partial charge on any atom is -0.486 e. The summed E-state index contributed by atoms with van der Waals surface area (Å²) >= 11 is 18.6. The summed E-state index contributed by atoms with van der Waals surface area (Å²) in [6.45, 7) is 3.62. The smallest absolute Gasteiger partial charge is 0.138 e. The zero-order valence-electron chi connectivity index (χ0n) is 16.3. The van der Waals surface area contributed by atoms with Gasteiger partial charge in [0.1, 0.15) is 12.4 Å². The predicted molar refractivity (Wildman–Crippen MR) is 125 cm³/mol. The van der Waals surface area contributed by atoms with Gasteiger partial charge in [0.05, 0.1) is 10.7 Å². The first-order chi connectivity index (χ1) is 13.5. The van der Waals surface area contributed by atoms with Gasteiger partial charge in [-0.05, 0) is 67.9 Å². The monoisotopic (exact) mass is 472 g/mol. The van der Waals surface area contributed by atoms with E-state index in [1.807, 2.05) is 12.1 Å². The molecule has 1 aliphatic heterocycles. The number of halogens is 4. The van der Waals surface area contributed by atoms with Crippen molar-refractivity contribution in [3.05, 3.63) is 62.7 Å². The lowest BCUT2D eigenvalue weighted by Gasteiger charge is -2.26. The SMILES string of the molecule is Cl.Cn1c(COc2ccc(Cl)cc2Cl)c(CN2CCCCC2)c2cc(Cl)ccc21. The maximum absolute atomic E-state index is 6.32. The lowest BCUT2D eigenvalue weighted by molar-refractivity contribution is 0.218. The standard InChI is InChI=1S/C22H23Cl3N2O.ClH/c1-26-20-7-5-15(23)11-17(20)18(13-27-9-3-2-4-10-27)21(26)14-28-22-8-6-16(24)12-19(22)25;/h5-8,11-12H,2-4,9-10,13-14H2,1H3;1H. The van der Waals surface area contributed by atoms with E-state index in [-0.39, 0.29) is 12.4 Å². The molecular weight excluding hydrogens is 450 g/mol. The Morgan fingerprint density at radius 1 is 0.931 bits per heavy atom. The number of piperidine rings is 1. The van der Waals surface area contributed by atoms with Crippen molar-refractivity contribution in [2.24, 2.45) is 7.05 Å². The summed E-state index contributed by atoms with van der Waals surface area (Å²) < 4.78 is 8.29. The molecule has 3 nitrogen and oxygen atoms in total. The van der Waals surface area contributed by atoms with Crippen LogP contribution in [0.4, 0.5) is 0 Å². The van der Waals surface area contributed by atoms with Gasteiger partial charge in [0.25, 0.3) is 0 Å². The van der Waals surface area contributed by atoms with E-state index in [9.17, 15) is 0 Å². The van der Waals surface area contributed by atoms with Crippen molar-refractivity contribution < 1.29 is 4.74 Å². The highest BCUT2D eigenvalue weighted by atomic mass is 35.5. The number of rotatable bonds is 5. The molecule has 156 valence electrons. The molecule has 1 fully saturated rings. The van der Waals surface area contributed by atoms with E-state index in [0.29, 0.717) is 22.4 Å². The van der Waals surface area contributed by atoms with Gasteiger partial charge in [0.15, 0.2) is 0 Å². The predicted octanol–water partition coefficient (Wildman–Crippen LogP) is 7.13. The molecule has 29 heavy (non-hydrogen) atoms. The highest BCUT2D eigenvalue weighted by Gasteiger charge is 2.20. The van der Waals surface area contributed by atoms with Crippen LogP contribution in [0.1, 0.15) is 30.5 Å². The van der Waals surface area contributed by atoms with Crippen molar-refractivity contribution in [2.75, 3.05) is 13.1 Å². The summed E-state index contributed by atoms with van der Waals surface area (Å²) in [5.74, 6) is 0.637. The maximum atomic E-state index is 6.32. The van der Waals surface area contributed by atoms with Gasteiger partial charge in [-0.3, -0.25) is 4.90 Å². The van der Waals surface area contributed by atoms with Crippen LogP contribution in [0.15, 0.2) is 36.4 Å². The number of aromatic nitrogens is 1. The highest BCUT2D eigenvalue weighted by Crippen LogP contribution is 2.32. The van der Waals surface area contributed by atoms with Crippen LogP contribution in [0.5, 0.6) is 5.75 Å². The summed E-state index contributed by atoms with van der Waals surface area (Å²) in [6, 6.07) is 11.4. The van der Waals surface area contributed by atoms with E-state index in [1.54, 1.807) is 12.1 Å². The van der Waals surface area contributed by atoms with Crippen molar-refractivity contribution >= 4 is 58.1 Å². The number of hydrogen-bond acceptors (Lipinski definition) is 2. The molecule has 0 saturated carbocycles. The summed E-state index contributed by atoms with van der Waals surface area (Å²) in [5.41, 5.74) is 3.60. The molecule has 0 aliphatic carbocycles. The van der Waals surface area contributed by atoms with E-state index in [0.717, 1.165) is 35.9 Å². The Morgan fingerprint density at radius 3 is 2.34 bits per heavy atom. The maximum Gasteiger partial charge on any atom is 0.138 e. The van der Waals surface area contributed by atoms with Gasteiger partial charge in [-0.2, -0.15) is 0 Å². The molecule has 1 saturated heterocycles. The first-order valence-corrected chi connectivity index (χ1v) is 10.7. The fourth-order valence-corrected chi connectivity index (χ4v) is 4.62. The number of aryl methyl sites for hydroxylation is 1.